The van der Waals surface area contributed by atoms with Crippen molar-refractivity contribution in [2.24, 2.45) is 0 Å². The molecule has 0 aliphatic carbocycles. The number of aliphatic carboxylic acids is 1. The molecule has 3 aromatic rings. The van der Waals surface area contributed by atoms with Gasteiger partial charge in [-0.3, -0.25) is 4.79 Å². The highest BCUT2D eigenvalue weighted by atomic mass is 19.1. The van der Waals surface area contributed by atoms with Crippen molar-refractivity contribution in [2.45, 2.75) is 24.9 Å². The van der Waals surface area contributed by atoms with E-state index in [-0.39, 0.29) is 12.0 Å². The number of carbonyl (C=O) groups excluding carboxylic acids is 1. The van der Waals surface area contributed by atoms with E-state index in [2.05, 4.69) is 0 Å². The predicted octanol–water partition coefficient (Wildman–Crippen LogP) is 4.93. The van der Waals surface area contributed by atoms with Crippen LogP contribution in [0, 0.1) is 5.82 Å². The molecule has 0 bridgehead atoms. The van der Waals surface area contributed by atoms with Crippen LogP contribution in [0.5, 0.6) is 5.75 Å². The lowest BCUT2D eigenvalue weighted by molar-refractivity contribution is -0.141. The van der Waals surface area contributed by atoms with Crippen LogP contribution in [0.4, 0.5) is 4.39 Å². The largest absolute Gasteiger partial charge is 0.496 e. The third-order valence-electron chi connectivity index (χ3n) is 5.71. The normalized spacial score (nSPS) is 18.1. The Morgan fingerprint density at radius 2 is 1.68 bits per heavy atom. The summed E-state index contributed by atoms with van der Waals surface area (Å²) in [7, 11) is 1.47. The van der Waals surface area contributed by atoms with Crippen LogP contribution in [0.15, 0.2) is 72.8 Å². The summed E-state index contributed by atoms with van der Waals surface area (Å²) >= 11 is 0. The van der Waals surface area contributed by atoms with Gasteiger partial charge in [0.05, 0.1) is 18.7 Å². The van der Waals surface area contributed by atoms with E-state index >= 15 is 0 Å². The van der Waals surface area contributed by atoms with Gasteiger partial charge in [-0.25, -0.2) is 9.18 Å². The summed E-state index contributed by atoms with van der Waals surface area (Å²) in [5.41, 5.74) is 2.02. The average Bonchev–Trinajstić information content (AvgIpc) is 3.24. The van der Waals surface area contributed by atoms with Crippen LogP contribution in [-0.4, -0.2) is 35.0 Å². The lowest BCUT2D eigenvalue weighted by Crippen LogP contribution is -2.42. The number of carboxylic acids is 1. The van der Waals surface area contributed by atoms with Crippen molar-refractivity contribution in [3.63, 3.8) is 0 Å². The Hall–Kier alpha value is -3.67. The van der Waals surface area contributed by atoms with Gasteiger partial charge in [-0.05, 0) is 36.1 Å². The van der Waals surface area contributed by atoms with E-state index in [1.165, 1.54) is 18.1 Å². The number of hydrogen-bond acceptors (Lipinski definition) is 3. The van der Waals surface area contributed by atoms with Crippen molar-refractivity contribution in [2.75, 3.05) is 7.11 Å². The molecular formula is C25H22FNO4. The Balaban J connectivity index is 1.87. The van der Waals surface area contributed by atoms with E-state index in [1.54, 1.807) is 36.4 Å². The van der Waals surface area contributed by atoms with Gasteiger partial charge in [0.2, 0.25) is 0 Å². The number of hydrogen-bond donors (Lipinski definition) is 1. The number of halogens is 1. The van der Waals surface area contributed by atoms with Crippen molar-refractivity contribution >= 4 is 11.9 Å². The molecule has 2 atom stereocenters. The van der Waals surface area contributed by atoms with Gasteiger partial charge in [0, 0.05) is 5.56 Å². The third kappa shape index (κ3) is 3.77. The zero-order valence-corrected chi connectivity index (χ0v) is 17.0. The fraction of sp³-hybridized carbons (Fsp3) is 0.200. The number of ether oxygens (including phenoxy) is 1. The first kappa shape index (κ1) is 20.6. The average molecular weight is 419 g/mol. The van der Waals surface area contributed by atoms with E-state index in [9.17, 15) is 19.1 Å². The molecule has 0 spiro atoms. The summed E-state index contributed by atoms with van der Waals surface area (Å²) in [6, 6.07) is 19.1. The third-order valence-corrected chi connectivity index (χ3v) is 5.71. The second-order valence-corrected chi connectivity index (χ2v) is 7.43. The SMILES string of the molecule is COc1cccc(-c2ccccc2)c1C(=O)N1[C@@H](C(=O)O)CC[C@@H]1c1ccccc1F. The molecule has 1 fully saturated rings. The Kier molecular flexibility index (Phi) is 5.71. The van der Waals surface area contributed by atoms with Crippen molar-refractivity contribution in [1.29, 1.82) is 0 Å². The quantitative estimate of drug-likeness (QED) is 0.637. The second-order valence-electron chi connectivity index (χ2n) is 7.43. The first-order valence-corrected chi connectivity index (χ1v) is 10.0. The van der Waals surface area contributed by atoms with Crippen LogP contribution in [0.2, 0.25) is 0 Å². The minimum atomic E-state index is -1.11. The first-order valence-electron chi connectivity index (χ1n) is 10.0. The predicted molar refractivity (Wildman–Crippen MR) is 114 cm³/mol. The Bertz CT molecular complexity index is 1120. The van der Waals surface area contributed by atoms with Crippen molar-refractivity contribution in [3.05, 3.63) is 89.7 Å². The smallest absolute Gasteiger partial charge is 0.326 e. The summed E-state index contributed by atoms with van der Waals surface area (Å²) in [5.74, 6) is -1.72. The molecular weight excluding hydrogens is 397 g/mol. The topological polar surface area (TPSA) is 66.8 Å². The number of rotatable bonds is 5. The number of amides is 1. The molecule has 31 heavy (non-hydrogen) atoms. The van der Waals surface area contributed by atoms with E-state index in [0.717, 1.165) is 5.56 Å². The number of benzene rings is 3. The fourth-order valence-electron chi connectivity index (χ4n) is 4.30. The number of likely N-dealkylation sites (tertiary alicyclic amines) is 1. The van der Waals surface area contributed by atoms with Gasteiger partial charge in [0.1, 0.15) is 17.6 Å². The van der Waals surface area contributed by atoms with Gasteiger partial charge in [-0.15, -0.1) is 0 Å². The molecule has 158 valence electrons. The van der Waals surface area contributed by atoms with Gasteiger partial charge in [-0.2, -0.15) is 0 Å². The number of carboxylic acid groups (broad SMARTS) is 1. The van der Waals surface area contributed by atoms with Crippen LogP contribution < -0.4 is 4.74 Å². The number of carbonyl (C=O) groups is 2. The highest BCUT2D eigenvalue weighted by Crippen LogP contribution is 2.41. The van der Waals surface area contributed by atoms with Gasteiger partial charge in [-0.1, -0.05) is 60.7 Å². The monoisotopic (exact) mass is 419 g/mol. The fourth-order valence-corrected chi connectivity index (χ4v) is 4.30. The molecule has 1 N–H and O–H groups in total. The molecule has 1 aliphatic rings. The number of nitrogens with zero attached hydrogens (tertiary/aromatic N) is 1. The first-order chi connectivity index (χ1) is 15.0. The molecule has 1 aliphatic heterocycles. The van der Waals surface area contributed by atoms with Gasteiger partial charge >= 0.3 is 5.97 Å². The molecule has 1 amide bonds. The maximum Gasteiger partial charge on any atom is 0.326 e. The Labute approximate surface area is 179 Å². The highest BCUT2D eigenvalue weighted by Gasteiger charge is 2.44. The van der Waals surface area contributed by atoms with Gasteiger partial charge in [0.25, 0.3) is 5.91 Å². The minimum absolute atomic E-state index is 0.246. The summed E-state index contributed by atoms with van der Waals surface area (Å²) in [6.45, 7) is 0. The standard InChI is InChI=1S/C25H22FNO4/c1-31-22-13-7-11-17(16-8-3-2-4-9-16)23(22)24(28)27-20(14-15-21(27)25(29)30)18-10-5-6-12-19(18)26/h2-13,20-21H,14-15H2,1H3,(H,29,30)/t20-,21-/m1/s1. The van der Waals surface area contributed by atoms with E-state index < -0.39 is 29.8 Å². The summed E-state index contributed by atoms with van der Waals surface area (Å²) in [6.07, 6.45) is 0.607. The molecule has 4 rings (SSSR count). The van der Waals surface area contributed by atoms with E-state index in [4.69, 9.17) is 4.74 Å². The molecule has 0 aromatic heterocycles. The zero-order chi connectivity index (χ0) is 22.0. The summed E-state index contributed by atoms with van der Waals surface area (Å²) in [4.78, 5) is 27.2. The number of methoxy groups -OCH3 is 1. The lowest BCUT2D eigenvalue weighted by Gasteiger charge is -2.30. The van der Waals surface area contributed by atoms with Crippen molar-refractivity contribution < 1.29 is 23.8 Å². The van der Waals surface area contributed by atoms with Gasteiger partial charge < -0.3 is 14.7 Å². The molecule has 1 heterocycles. The van der Waals surface area contributed by atoms with Crippen molar-refractivity contribution in [1.82, 2.24) is 4.90 Å². The molecule has 1 saturated heterocycles. The molecule has 0 unspecified atom stereocenters. The summed E-state index contributed by atoms with van der Waals surface area (Å²) < 4.78 is 20.1. The Morgan fingerprint density at radius 3 is 2.35 bits per heavy atom. The van der Waals surface area contributed by atoms with E-state index in [0.29, 0.717) is 23.3 Å². The molecule has 0 radical (unpaired) electrons. The van der Waals surface area contributed by atoms with Crippen LogP contribution in [-0.2, 0) is 4.79 Å². The van der Waals surface area contributed by atoms with Crippen LogP contribution in [0.25, 0.3) is 11.1 Å². The molecule has 5 nitrogen and oxygen atoms in total. The van der Waals surface area contributed by atoms with Crippen LogP contribution >= 0.6 is 0 Å². The van der Waals surface area contributed by atoms with Crippen LogP contribution in [0.1, 0.15) is 34.8 Å². The minimum Gasteiger partial charge on any atom is -0.496 e. The zero-order valence-electron chi connectivity index (χ0n) is 17.0. The van der Waals surface area contributed by atoms with Gasteiger partial charge in [0.15, 0.2) is 0 Å². The van der Waals surface area contributed by atoms with Crippen LogP contribution in [0.3, 0.4) is 0 Å². The van der Waals surface area contributed by atoms with E-state index in [1.807, 2.05) is 30.3 Å². The molecule has 0 saturated carbocycles. The Morgan fingerprint density at radius 1 is 0.968 bits per heavy atom. The summed E-state index contributed by atoms with van der Waals surface area (Å²) in [5, 5.41) is 9.81. The maximum absolute atomic E-state index is 14.6. The lowest BCUT2D eigenvalue weighted by atomic mass is 9.96. The maximum atomic E-state index is 14.6. The highest BCUT2D eigenvalue weighted by molar-refractivity contribution is 6.05. The second kappa shape index (κ2) is 8.60. The molecule has 3 aromatic carbocycles. The van der Waals surface area contributed by atoms with Crippen molar-refractivity contribution in [3.8, 4) is 16.9 Å². The molecule has 6 heteroatoms.